The summed E-state index contributed by atoms with van der Waals surface area (Å²) in [6.07, 6.45) is 0.654. The molecule has 150 valence electrons. The number of nitro groups is 1. The number of nitrogens with zero attached hydrogens (tertiary/aromatic N) is 2. The molecule has 4 amide bonds. The Balaban J connectivity index is 1.47. The summed E-state index contributed by atoms with van der Waals surface area (Å²) in [5.41, 5.74) is -0.162. The minimum absolute atomic E-state index is 0.00709. The average Bonchev–Trinajstić information content (AvgIpc) is 3.09. The predicted octanol–water partition coefficient (Wildman–Crippen LogP) is 0.0672. The number of carbonyl (C=O) groups is 3. The van der Waals surface area contributed by atoms with E-state index < -0.39 is 38.6 Å². The van der Waals surface area contributed by atoms with E-state index in [1.807, 2.05) is 0 Å². The minimum atomic E-state index is -3.09. The topological polar surface area (TPSA) is 156 Å². The number of urea groups is 1. The van der Waals surface area contributed by atoms with Crippen LogP contribution in [-0.2, 0) is 9.84 Å². The maximum Gasteiger partial charge on any atom is 0.315 e. The molecule has 12 heteroatoms. The maximum atomic E-state index is 12.3. The summed E-state index contributed by atoms with van der Waals surface area (Å²) in [7, 11) is -3.09. The minimum Gasteiger partial charge on any atom is -0.338 e. The zero-order valence-corrected chi connectivity index (χ0v) is 15.5. The van der Waals surface area contributed by atoms with Gasteiger partial charge in [0.05, 0.1) is 27.6 Å². The highest BCUT2D eigenvalue weighted by atomic mass is 32.2. The molecule has 11 nitrogen and oxygen atoms in total. The first-order valence-electron chi connectivity index (χ1n) is 8.57. The van der Waals surface area contributed by atoms with Crippen LogP contribution in [0.15, 0.2) is 18.2 Å². The molecule has 1 saturated heterocycles. The Morgan fingerprint density at radius 3 is 2.61 bits per heavy atom. The Kier molecular flexibility index (Phi) is 5.31. The smallest absolute Gasteiger partial charge is 0.315 e. The van der Waals surface area contributed by atoms with Crippen molar-refractivity contribution in [1.82, 2.24) is 15.5 Å². The molecule has 0 aromatic heterocycles. The van der Waals surface area contributed by atoms with E-state index in [9.17, 15) is 32.9 Å². The van der Waals surface area contributed by atoms with Crippen LogP contribution in [0.3, 0.4) is 0 Å². The number of carbonyl (C=O) groups excluding carboxylic acids is 3. The monoisotopic (exact) mass is 410 g/mol. The van der Waals surface area contributed by atoms with Gasteiger partial charge < -0.3 is 10.6 Å². The van der Waals surface area contributed by atoms with Gasteiger partial charge in [0.2, 0.25) is 0 Å². The summed E-state index contributed by atoms with van der Waals surface area (Å²) < 4.78 is 22.7. The lowest BCUT2D eigenvalue weighted by atomic mass is 10.1. The van der Waals surface area contributed by atoms with Crippen molar-refractivity contribution in [2.75, 3.05) is 24.6 Å². The van der Waals surface area contributed by atoms with Crippen molar-refractivity contribution >= 4 is 33.4 Å². The van der Waals surface area contributed by atoms with Crippen molar-refractivity contribution in [1.29, 1.82) is 0 Å². The Hall–Kier alpha value is -3.02. The van der Waals surface area contributed by atoms with E-state index in [2.05, 4.69) is 10.6 Å². The number of non-ortho nitro benzene ring substituents is 1. The van der Waals surface area contributed by atoms with Crippen molar-refractivity contribution in [3.05, 3.63) is 39.4 Å². The number of nitrogens with one attached hydrogen (secondary N) is 2. The van der Waals surface area contributed by atoms with Gasteiger partial charge in [-0.3, -0.25) is 24.6 Å². The number of rotatable bonds is 6. The maximum absolute atomic E-state index is 12.3. The van der Waals surface area contributed by atoms with Gasteiger partial charge in [0, 0.05) is 31.3 Å². The molecule has 2 aliphatic rings. The van der Waals surface area contributed by atoms with E-state index in [-0.39, 0.29) is 47.8 Å². The number of hydrogen-bond acceptors (Lipinski definition) is 7. The standard InChI is InChI=1S/C16H18N4O7S/c21-14-12-3-2-11(20(24)25)8-13(12)15(22)19(14)6-1-5-17-16(23)18-10-4-7-28(26,27)9-10/h2-3,8,10H,1,4-7,9H2,(H2,17,18,23). The lowest BCUT2D eigenvalue weighted by Crippen LogP contribution is -2.43. The molecule has 0 radical (unpaired) electrons. The van der Waals surface area contributed by atoms with Gasteiger partial charge in [-0.2, -0.15) is 0 Å². The van der Waals surface area contributed by atoms with E-state index in [4.69, 9.17) is 0 Å². The first-order chi connectivity index (χ1) is 13.2. The molecular weight excluding hydrogens is 392 g/mol. The van der Waals surface area contributed by atoms with Crippen LogP contribution in [0.4, 0.5) is 10.5 Å². The quantitative estimate of drug-likeness (QED) is 0.291. The fourth-order valence-corrected chi connectivity index (χ4v) is 4.85. The lowest BCUT2D eigenvalue weighted by molar-refractivity contribution is -0.384. The van der Waals surface area contributed by atoms with E-state index in [1.54, 1.807) is 0 Å². The van der Waals surface area contributed by atoms with Crippen LogP contribution in [-0.4, -0.2) is 66.7 Å². The highest BCUT2D eigenvalue weighted by molar-refractivity contribution is 7.91. The van der Waals surface area contributed by atoms with Gasteiger partial charge >= 0.3 is 6.03 Å². The normalized spacial score (nSPS) is 20.1. The molecule has 2 aliphatic heterocycles. The third-order valence-electron chi connectivity index (χ3n) is 4.58. The average molecular weight is 410 g/mol. The Morgan fingerprint density at radius 2 is 1.96 bits per heavy atom. The highest BCUT2D eigenvalue weighted by Crippen LogP contribution is 2.26. The molecule has 3 rings (SSSR count). The van der Waals surface area contributed by atoms with E-state index in [0.29, 0.717) is 6.42 Å². The summed E-state index contributed by atoms with van der Waals surface area (Å²) in [5.74, 6) is -1.17. The zero-order valence-electron chi connectivity index (χ0n) is 14.7. The van der Waals surface area contributed by atoms with Gasteiger partial charge in [0.15, 0.2) is 9.84 Å². The number of fused-ring (bicyclic) bond motifs is 1. The van der Waals surface area contributed by atoms with Crippen LogP contribution in [0.2, 0.25) is 0 Å². The van der Waals surface area contributed by atoms with Gasteiger partial charge in [-0.25, -0.2) is 13.2 Å². The molecule has 2 N–H and O–H groups in total. The van der Waals surface area contributed by atoms with Gasteiger partial charge in [0.25, 0.3) is 17.5 Å². The number of amides is 4. The second kappa shape index (κ2) is 7.54. The molecule has 0 aliphatic carbocycles. The van der Waals surface area contributed by atoms with Crippen molar-refractivity contribution < 1.29 is 27.7 Å². The molecule has 0 spiro atoms. The second-order valence-corrected chi connectivity index (χ2v) is 8.83. The number of benzene rings is 1. The third-order valence-corrected chi connectivity index (χ3v) is 6.34. The van der Waals surface area contributed by atoms with E-state index in [0.717, 1.165) is 11.0 Å². The van der Waals surface area contributed by atoms with Gasteiger partial charge in [-0.05, 0) is 18.9 Å². The van der Waals surface area contributed by atoms with Crippen LogP contribution in [0.25, 0.3) is 0 Å². The SMILES string of the molecule is O=C(NCCCN1C(=O)c2ccc([N+](=O)[O-])cc2C1=O)NC1CCS(=O)(=O)C1. The Bertz CT molecular complexity index is 960. The molecular formula is C16H18N4O7S. The third kappa shape index (κ3) is 4.11. The number of imide groups is 1. The molecule has 1 fully saturated rings. The van der Waals surface area contributed by atoms with Crippen LogP contribution in [0.1, 0.15) is 33.6 Å². The number of hydrogen-bond donors (Lipinski definition) is 2. The largest absolute Gasteiger partial charge is 0.338 e. The number of sulfone groups is 1. The molecule has 0 saturated carbocycles. The van der Waals surface area contributed by atoms with Crippen molar-refractivity contribution in [2.45, 2.75) is 18.9 Å². The second-order valence-electron chi connectivity index (χ2n) is 6.60. The lowest BCUT2D eigenvalue weighted by Gasteiger charge is -2.15. The Morgan fingerprint density at radius 1 is 1.25 bits per heavy atom. The highest BCUT2D eigenvalue weighted by Gasteiger charge is 2.36. The summed E-state index contributed by atoms with van der Waals surface area (Å²) in [5, 5.41) is 15.9. The summed E-state index contributed by atoms with van der Waals surface area (Å²) in [4.78, 5) is 47.6. The van der Waals surface area contributed by atoms with E-state index in [1.165, 1.54) is 12.1 Å². The molecule has 1 aromatic rings. The fourth-order valence-electron chi connectivity index (χ4n) is 3.18. The van der Waals surface area contributed by atoms with Crippen molar-refractivity contribution in [3.8, 4) is 0 Å². The molecule has 28 heavy (non-hydrogen) atoms. The predicted molar refractivity (Wildman–Crippen MR) is 96.7 cm³/mol. The molecule has 1 unspecified atom stereocenters. The molecule has 0 bridgehead atoms. The van der Waals surface area contributed by atoms with Crippen LogP contribution < -0.4 is 10.6 Å². The summed E-state index contributed by atoms with van der Waals surface area (Å²) in [6, 6.07) is 2.58. The summed E-state index contributed by atoms with van der Waals surface area (Å²) >= 11 is 0. The molecule has 1 atom stereocenters. The van der Waals surface area contributed by atoms with Gasteiger partial charge in [-0.15, -0.1) is 0 Å². The van der Waals surface area contributed by atoms with Crippen molar-refractivity contribution in [3.63, 3.8) is 0 Å². The van der Waals surface area contributed by atoms with Crippen molar-refractivity contribution in [2.24, 2.45) is 0 Å². The Labute approximate surface area is 160 Å². The van der Waals surface area contributed by atoms with Crippen LogP contribution in [0, 0.1) is 10.1 Å². The molecule has 2 heterocycles. The first-order valence-corrected chi connectivity index (χ1v) is 10.4. The van der Waals surface area contributed by atoms with Gasteiger partial charge in [-0.1, -0.05) is 0 Å². The van der Waals surface area contributed by atoms with Crippen LogP contribution in [0.5, 0.6) is 0 Å². The van der Waals surface area contributed by atoms with E-state index >= 15 is 0 Å². The molecule has 1 aromatic carbocycles. The first kappa shape index (κ1) is 19.7. The van der Waals surface area contributed by atoms with Crippen LogP contribution >= 0.6 is 0 Å². The summed E-state index contributed by atoms with van der Waals surface area (Å²) in [6.45, 7) is 0.205. The number of nitro benzene ring substituents is 1. The fraction of sp³-hybridized carbons (Fsp3) is 0.438. The van der Waals surface area contributed by atoms with Gasteiger partial charge in [0.1, 0.15) is 0 Å². The zero-order chi connectivity index (χ0) is 20.5.